The summed E-state index contributed by atoms with van der Waals surface area (Å²) in [5.74, 6) is 1.78. The summed E-state index contributed by atoms with van der Waals surface area (Å²) >= 11 is 0. The van der Waals surface area contributed by atoms with Gasteiger partial charge in [-0.3, -0.25) is 4.79 Å². The maximum absolute atomic E-state index is 12.1. The highest BCUT2D eigenvalue weighted by atomic mass is 16.7. The average Bonchev–Trinajstić information content (AvgIpc) is 3.04. The molecule has 1 aliphatic rings. The van der Waals surface area contributed by atoms with Crippen molar-refractivity contribution in [2.45, 2.75) is 26.7 Å². The molecule has 0 saturated heterocycles. The summed E-state index contributed by atoms with van der Waals surface area (Å²) in [6.07, 6.45) is 0.883. The second-order valence-electron chi connectivity index (χ2n) is 5.14. The zero-order chi connectivity index (χ0) is 15.7. The summed E-state index contributed by atoms with van der Waals surface area (Å²) in [5, 5.41) is 6.67. The van der Waals surface area contributed by atoms with Crippen molar-refractivity contribution in [3.8, 4) is 11.5 Å². The number of ether oxygens (including phenoxy) is 2. The lowest BCUT2D eigenvalue weighted by molar-refractivity contribution is -0.116. The Hall–Kier alpha value is -2.70. The van der Waals surface area contributed by atoms with E-state index in [1.807, 2.05) is 13.8 Å². The minimum atomic E-state index is -0.134. The Balaban J connectivity index is 1.65. The Bertz CT molecular complexity index is 704. The average molecular weight is 303 g/mol. The van der Waals surface area contributed by atoms with Crippen molar-refractivity contribution in [3.05, 3.63) is 29.2 Å². The van der Waals surface area contributed by atoms with Crippen LogP contribution in [0.15, 0.2) is 16.7 Å². The van der Waals surface area contributed by atoms with Crippen molar-refractivity contribution in [1.82, 2.24) is 5.16 Å². The van der Waals surface area contributed by atoms with Gasteiger partial charge in [0.25, 0.3) is 0 Å². The number of fused-ring (bicyclic) bond motifs is 1. The predicted molar refractivity (Wildman–Crippen MR) is 79.9 cm³/mol. The summed E-state index contributed by atoms with van der Waals surface area (Å²) in [6, 6.07) is 3.32. The molecule has 0 fully saturated rings. The van der Waals surface area contributed by atoms with Crippen LogP contribution in [0.5, 0.6) is 11.5 Å². The summed E-state index contributed by atoms with van der Waals surface area (Å²) in [6.45, 7) is 3.86. The van der Waals surface area contributed by atoms with E-state index in [0.29, 0.717) is 35.7 Å². The fraction of sp³-hybridized carbons (Fsp3) is 0.333. The second kappa shape index (κ2) is 5.59. The van der Waals surface area contributed by atoms with Crippen molar-refractivity contribution >= 4 is 17.3 Å². The third-order valence-electron chi connectivity index (χ3n) is 3.60. The first-order valence-electron chi connectivity index (χ1n) is 6.95. The van der Waals surface area contributed by atoms with E-state index >= 15 is 0 Å². The number of benzene rings is 1. The molecule has 116 valence electrons. The molecule has 0 atom stereocenters. The fourth-order valence-corrected chi connectivity index (χ4v) is 2.38. The summed E-state index contributed by atoms with van der Waals surface area (Å²) in [7, 11) is 0. The number of aromatic nitrogens is 1. The highest BCUT2D eigenvalue weighted by molar-refractivity contribution is 5.94. The number of rotatable bonds is 4. The number of carbonyl (C=O) groups excluding carboxylic acids is 1. The third kappa shape index (κ3) is 2.69. The number of nitrogens with zero attached hydrogens (tertiary/aromatic N) is 1. The van der Waals surface area contributed by atoms with Gasteiger partial charge in [-0.1, -0.05) is 5.16 Å². The molecule has 1 aromatic heterocycles. The number of aryl methyl sites for hydroxylation is 2. The van der Waals surface area contributed by atoms with Gasteiger partial charge in [0.15, 0.2) is 11.5 Å². The second-order valence-corrected chi connectivity index (χ2v) is 5.14. The normalized spacial score (nSPS) is 12.5. The SMILES string of the molecule is Cc1noc(C)c1CCC(=O)Nc1cc2c(cc1N)OCO2. The first-order chi connectivity index (χ1) is 10.5. The molecule has 1 aromatic carbocycles. The molecular formula is C15H17N3O4. The smallest absolute Gasteiger partial charge is 0.231 e. The first-order valence-corrected chi connectivity index (χ1v) is 6.95. The molecule has 1 aliphatic heterocycles. The molecule has 2 heterocycles. The topological polar surface area (TPSA) is 99.6 Å². The number of hydrogen-bond donors (Lipinski definition) is 2. The molecule has 7 heteroatoms. The standard InChI is InChI=1S/C15H17N3O4/c1-8-10(9(2)22-18-8)3-4-15(19)17-12-6-14-13(5-11(12)16)20-7-21-14/h5-6H,3-4,7,16H2,1-2H3,(H,17,19). The molecule has 7 nitrogen and oxygen atoms in total. The van der Waals surface area contributed by atoms with Crippen molar-refractivity contribution in [2.75, 3.05) is 17.8 Å². The van der Waals surface area contributed by atoms with E-state index < -0.39 is 0 Å². The molecule has 3 N–H and O–H groups in total. The predicted octanol–water partition coefficient (Wildman–Crippen LogP) is 2.17. The zero-order valence-corrected chi connectivity index (χ0v) is 12.4. The van der Waals surface area contributed by atoms with Crippen molar-refractivity contribution in [1.29, 1.82) is 0 Å². The van der Waals surface area contributed by atoms with E-state index in [-0.39, 0.29) is 12.7 Å². The van der Waals surface area contributed by atoms with Crippen molar-refractivity contribution < 1.29 is 18.8 Å². The van der Waals surface area contributed by atoms with Gasteiger partial charge < -0.3 is 25.0 Å². The van der Waals surface area contributed by atoms with E-state index in [2.05, 4.69) is 10.5 Å². The number of nitrogens with two attached hydrogens (primary N) is 1. The lowest BCUT2D eigenvalue weighted by Gasteiger charge is -2.09. The summed E-state index contributed by atoms with van der Waals surface area (Å²) in [5.41, 5.74) is 8.65. The molecule has 0 spiro atoms. The number of nitrogens with one attached hydrogen (secondary N) is 1. The molecule has 2 aromatic rings. The highest BCUT2D eigenvalue weighted by Crippen LogP contribution is 2.38. The molecule has 22 heavy (non-hydrogen) atoms. The van der Waals surface area contributed by atoms with E-state index in [0.717, 1.165) is 17.0 Å². The molecule has 0 saturated carbocycles. The van der Waals surface area contributed by atoms with Gasteiger partial charge in [-0.15, -0.1) is 0 Å². The van der Waals surface area contributed by atoms with E-state index in [1.165, 1.54) is 0 Å². The molecular weight excluding hydrogens is 286 g/mol. The molecule has 0 aliphatic carbocycles. The lowest BCUT2D eigenvalue weighted by atomic mass is 10.1. The molecule has 0 radical (unpaired) electrons. The monoisotopic (exact) mass is 303 g/mol. The van der Waals surface area contributed by atoms with Crippen molar-refractivity contribution in [2.24, 2.45) is 0 Å². The minimum absolute atomic E-state index is 0.134. The van der Waals surface area contributed by atoms with Crippen LogP contribution in [0.3, 0.4) is 0 Å². The van der Waals surface area contributed by atoms with Gasteiger partial charge in [-0.25, -0.2) is 0 Å². The van der Waals surface area contributed by atoms with Crippen LogP contribution in [0.4, 0.5) is 11.4 Å². The van der Waals surface area contributed by atoms with Gasteiger partial charge >= 0.3 is 0 Å². The van der Waals surface area contributed by atoms with E-state index in [1.54, 1.807) is 12.1 Å². The first kappa shape index (κ1) is 14.2. The van der Waals surface area contributed by atoms with Crippen LogP contribution in [0, 0.1) is 13.8 Å². The van der Waals surface area contributed by atoms with E-state index in [4.69, 9.17) is 19.7 Å². The van der Waals surface area contributed by atoms with E-state index in [9.17, 15) is 4.79 Å². The molecule has 0 bridgehead atoms. The highest BCUT2D eigenvalue weighted by Gasteiger charge is 2.17. The maximum atomic E-state index is 12.1. The molecule has 3 rings (SSSR count). The van der Waals surface area contributed by atoms with Gasteiger partial charge in [-0.05, 0) is 20.3 Å². The Labute approximate surface area is 127 Å². The maximum Gasteiger partial charge on any atom is 0.231 e. The number of anilines is 2. The molecule has 0 unspecified atom stereocenters. The molecule has 1 amide bonds. The minimum Gasteiger partial charge on any atom is -0.454 e. The number of hydrogen-bond acceptors (Lipinski definition) is 6. The van der Waals surface area contributed by atoms with Crippen LogP contribution in [0.25, 0.3) is 0 Å². The van der Waals surface area contributed by atoms with Gasteiger partial charge in [-0.2, -0.15) is 0 Å². The van der Waals surface area contributed by atoms with Crippen LogP contribution in [0.2, 0.25) is 0 Å². The fourth-order valence-electron chi connectivity index (χ4n) is 2.38. The number of carbonyl (C=O) groups is 1. The zero-order valence-electron chi connectivity index (χ0n) is 12.4. The van der Waals surface area contributed by atoms with Gasteiger partial charge in [0, 0.05) is 24.1 Å². The van der Waals surface area contributed by atoms with Crippen LogP contribution >= 0.6 is 0 Å². The number of nitrogen functional groups attached to an aromatic ring is 1. The largest absolute Gasteiger partial charge is 0.454 e. The summed E-state index contributed by atoms with van der Waals surface area (Å²) < 4.78 is 15.6. The van der Waals surface area contributed by atoms with Crippen LogP contribution < -0.4 is 20.5 Å². The Morgan fingerprint density at radius 2 is 2.05 bits per heavy atom. The summed E-state index contributed by atoms with van der Waals surface area (Å²) in [4.78, 5) is 12.1. The van der Waals surface area contributed by atoms with Gasteiger partial charge in [0.1, 0.15) is 5.76 Å². The Morgan fingerprint density at radius 1 is 1.32 bits per heavy atom. The Kier molecular flexibility index (Phi) is 3.62. The van der Waals surface area contributed by atoms with Crippen LogP contribution in [-0.2, 0) is 11.2 Å². The third-order valence-corrected chi connectivity index (χ3v) is 3.60. The number of amides is 1. The van der Waals surface area contributed by atoms with Crippen molar-refractivity contribution in [3.63, 3.8) is 0 Å². The van der Waals surface area contributed by atoms with Crippen LogP contribution in [0.1, 0.15) is 23.4 Å². The quantitative estimate of drug-likeness (QED) is 0.840. The van der Waals surface area contributed by atoms with Gasteiger partial charge in [0.05, 0.1) is 17.1 Å². The van der Waals surface area contributed by atoms with Crippen LogP contribution in [-0.4, -0.2) is 17.9 Å². The lowest BCUT2D eigenvalue weighted by Crippen LogP contribution is -2.14. The van der Waals surface area contributed by atoms with Gasteiger partial charge in [0.2, 0.25) is 12.7 Å². The Morgan fingerprint density at radius 3 is 2.73 bits per heavy atom.